The van der Waals surface area contributed by atoms with Gasteiger partial charge in [0.15, 0.2) is 0 Å². The molecule has 104 valence electrons. The Bertz CT molecular complexity index is 242. The van der Waals surface area contributed by atoms with Crippen molar-refractivity contribution in [1.82, 2.24) is 15.5 Å². The summed E-state index contributed by atoms with van der Waals surface area (Å²) in [5.74, 6) is 0. The normalized spacial score (nSPS) is 26.5. The van der Waals surface area contributed by atoms with Crippen molar-refractivity contribution in [1.29, 1.82) is 0 Å². The zero-order valence-electron chi connectivity index (χ0n) is 11.7. The van der Waals surface area contributed by atoms with Crippen molar-refractivity contribution in [2.75, 3.05) is 13.3 Å². The van der Waals surface area contributed by atoms with Crippen LogP contribution in [0.3, 0.4) is 0 Å². The van der Waals surface area contributed by atoms with E-state index in [2.05, 4.69) is 15.5 Å². The summed E-state index contributed by atoms with van der Waals surface area (Å²) >= 11 is 0. The van der Waals surface area contributed by atoms with Crippen LogP contribution in [0.15, 0.2) is 0 Å². The predicted octanol–water partition coefficient (Wildman–Crippen LogP) is 2.43. The smallest absolute Gasteiger partial charge is 0.0497 e. The molecule has 0 aromatic heterocycles. The lowest BCUT2D eigenvalue weighted by Crippen LogP contribution is -2.50. The van der Waals surface area contributed by atoms with Gasteiger partial charge in [-0.2, -0.15) is 0 Å². The van der Waals surface area contributed by atoms with E-state index in [1.54, 1.807) is 0 Å². The Balaban J connectivity index is 1.44. The lowest BCUT2D eigenvalue weighted by Gasteiger charge is -2.37. The van der Waals surface area contributed by atoms with Gasteiger partial charge in [-0.15, -0.1) is 0 Å². The average Bonchev–Trinajstić information content (AvgIpc) is 3.16. The van der Waals surface area contributed by atoms with Gasteiger partial charge in [0.25, 0.3) is 0 Å². The third-order valence-electron chi connectivity index (χ3n) is 4.94. The Hall–Kier alpha value is -0.120. The van der Waals surface area contributed by atoms with Crippen molar-refractivity contribution in [2.24, 2.45) is 0 Å². The average molecular weight is 251 g/mol. The molecule has 0 aromatic carbocycles. The minimum Gasteiger partial charge on any atom is -0.301 e. The third kappa shape index (κ3) is 3.69. The zero-order valence-corrected chi connectivity index (χ0v) is 11.7. The Labute approximate surface area is 112 Å². The van der Waals surface area contributed by atoms with Crippen molar-refractivity contribution in [3.8, 4) is 0 Å². The largest absolute Gasteiger partial charge is 0.301 e. The molecule has 18 heavy (non-hydrogen) atoms. The Morgan fingerprint density at radius 2 is 1.28 bits per heavy atom. The molecular formula is C15H29N3. The first kappa shape index (κ1) is 12.9. The molecule has 3 fully saturated rings. The SMILES string of the molecule is C1CCC(N(CNC2CCC2)CNC2CC2)CC1. The first-order chi connectivity index (χ1) is 8.92. The Morgan fingerprint density at radius 3 is 1.78 bits per heavy atom. The molecule has 3 aliphatic carbocycles. The molecule has 0 bridgehead atoms. The van der Waals surface area contributed by atoms with Crippen LogP contribution in [0.4, 0.5) is 0 Å². The van der Waals surface area contributed by atoms with E-state index in [1.807, 2.05) is 0 Å². The molecule has 3 rings (SSSR count). The van der Waals surface area contributed by atoms with E-state index in [4.69, 9.17) is 0 Å². The molecule has 3 heteroatoms. The van der Waals surface area contributed by atoms with E-state index in [-0.39, 0.29) is 0 Å². The van der Waals surface area contributed by atoms with Crippen LogP contribution in [-0.4, -0.2) is 36.4 Å². The summed E-state index contributed by atoms with van der Waals surface area (Å²) in [7, 11) is 0. The summed E-state index contributed by atoms with van der Waals surface area (Å²) in [6.07, 6.45) is 14.2. The highest BCUT2D eigenvalue weighted by atomic mass is 15.3. The molecule has 0 aromatic rings. The number of hydrogen-bond donors (Lipinski definition) is 2. The van der Waals surface area contributed by atoms with E-state index in [0.29, 0.717) is 0 Å². The van der Waals surface area contributed by atoms with Gasteiger partial charge in [-0.1, -0.05) is 25.7 Å². The fraction of sp³-hybridized carbons (Fsp3) is 1.00. The zero-order chi connectivity index (χ0) is 12.2. The van der Waals surface area contributed by atoms with Gasteiger partial charge in [-0.3, -0.25) is 4.90 Å². The molecule has 0 radical (unpaired) electrons. The van der Waals surface area contributed by atoms with Crippen LogP contribution in [0.25, 0.3) is 0 Å². The molecule has 0 unspecified atom stereocenters. The van der Waals surface area contributed by atoms with Crippen molar-refractivity contribution >= 4 is 0 Å². The summed E-state index contributed by atoms with van der Waals surface area (Å²) in [5, 5.41) is 7.45. The fourth-order valence-electron chi connectivity index (χ4n) is 3.15. The minimum atomic E-state index is 0.817. The first-order valence-electron chi connectivity index (χ1n) is 8.12. The quantitative estimate of drug-likeness (QED) is 0.681. The minimum absolute atomic E-state index is 0.817. The van der Waals surface area contributed by atoms with Crippen LogP contribution >= 0.6 is 0 Å². The van der Waals surface area contributed by atoms with E-state index < -0.39 is 0 Å². The Kier molecular flexibility index (Phi) is 4.55. The second kappa shape index (κ2) is 6.36. The number of rotatable bonds is 7. The fourth-order valence-corrected chi connectivity index (χ4v) is 3.15. The van der Waals surface area contributed by atoms with Gasteiger partial charge in [-0.25, -0.2) is 0 Å². The second-order valence-electron chi connectivity index (χ2n) is 6.51. The summed E-state index contributed by atoms with van der Waals surface area (Å²) in [6, 6.07) is 2.48. The summed E-state index contributed by atoms with van der Waals surface area (Å²) in [5.41, 5.74) is 0. The third-order valence-corrected chi connectivity index (χ3v) is 4.94. The van der Waals surface area contributed by atoms with Crippen LogP contribution in [0, 0.1) is 0 Å². The molecule has 0 aliphatic heterocycles. The van der Waals surface area contributed by atoms with E-state index >= 15 is 0 Å². The van der Waals surface area contributed by atoms with E-state index in [1.165, 1.54) is 64.2 Å². The molecular weight excluding hydrogens is 222 g/mol. The van der Waals surface area contributed by atoms with Crippen LogP contribution in [-0.2, 0) is 0 Å². The van der Waals surface area contributed by atoms with Gasteiger partial charge >= 0.3 is 0 Å². The molecule has 3 nitrogen and oxygen atoms in total. The van der Waals surface area contributed by atoms with Crippen molar-refractivity contribution in [3.63, 3.8) is 0 Å². The van der Waals surface area contributed by atoms with Crippen molar-refractivity contribution in [2.45, 2.75) is 82.3 Å². The molecule has 3 saturated carbocycles. The van der Waals surface area contributed by atoms with Gasteiger partial charge in [0, 0.05) is 31.5 Å². The monoisotopic (exact) mass is 251 g/mol. The van der Waals surface area contributed by atoms with Gasteiger partial charge in [-0.05, 0) is 38.5 Å². The van der Waals surface area contributed by atoms with E-state index in [0.717, 1.165) is 31.5 Å². The topological polar surface area (TPSA) is 27.3 Å². The van der Waals surface area contributed by atoms with Gasteiger partial charge < -0.3 is 10.6 Å². The highest BCUT2D eigenvalue weighted by Gasteiger charge is 2.26. The summed E-state index contributed by atoms with van der Waals surface area (Å²) in [6.45, 7) is 2.21. The van der Waals surface area contributed by atoms with Gasteiger partial charge in [0.1, 0.15) is 0 Å². The number of nitrogens with one attached hydrogen (secondary N) is 2. The molecule has 0 amide bonds. The molecule has 0 atom stereocenters. The predicted molar refractivity (Wildman–Crippen MR) is 75.4 cm³/mol. The van der Waals surface area contributed by atoms with Crippen molar-refractivity contribution in [3.05, 3.63) is 0 Å². The van der Waals surface area contributed by atoms with E-state index in [9.17, 15) is 0 Å². The first-order valence-corrected chi connectivity index (χ1v) is 8.12. The lowest BCUT2D eigenvalue weighted by atomic mass is 9.93. The maximum absolute atomic E-state index is 3.75. The Morgan fingerprint density at radius 1 is 0.667 bits per heavy atom. The summed E-state index contributed by atoms with van der Waals surface area (Å²) < 4.78 is 0. The molecule has 2 N–H and O–H groups in total. The van der Waals surface area contributed by atoms with Crippen LogP contribution in [0.5, 0.6) is 0 Å². The maximum atomic E-state index is 3.75. The maximum Gasteiger partial charge on any atom is 0.0497 e. The molecule has 0 saturated heterocycles. The van der Waals surface area contributed by atoms with Crippen LogP contribution in [0.2, 0.25) is 0 Å². The van der Waals surface area contributed by atoms with Crippen LogP contribution in [0.1, 0.15) is 64.2 Å². The number of nitrogens with zero attached hydrogens (tertiary/aromatic N) is 1. The van der Waals surface area contributed by atoms with Crippen LogP contribution < -0.4 is 10.6 Å². The van der Waals surface area contributed by atoms with Gasteiger partial charge in [0.2, 0.25) is 0 Å². The van der Waals surface area contributed by atoms with Crippen molar-refractivity contribution < 1.29 is 0 Å². The molecule has 3 aliphatic rings. The standard InChI is InChI=1S/C15H29N3/c1-2-7-15(8-3-1)18(12-17-14-9-10-14)11-16-13-5-4-6-13/h13-17H,1-12H2. The highest BCUT2D eigenvalue weighted by molar-refractivity contribution is 4.83. The highest BCUT2D eigenvalue weighted by Crippen LogP contribution is 2.24. The second-order valence-corrected chi connectivity index (χ2v) is 6.51. The number of hydrogen-bond acceptors (Lipinski definition) is 3. The molecule has 0 spiro atoms. The lowest BCUT2D eigenvalue weighted by molar-refractivity contribution is 0.119. The summed E-state index contributed by atoms with van der Waals surface area (Å²) in [4.78, 5) is 2.68. The van der Waals surface area contributed by atoms with Gasteiger partial charge in [0.05, 0.1) is 0 Å². The molecule has 0 heterocycles.